The Morgan fingerprint density at radius 2 is 2.21 bits per heavy atom. The largest absolute Gasteiger partial charge is 0.493 e. The average molecular weight is 274 g/mol. The van der Waals surface area contributed by atoms with E-state index in [9.17, 15) is 4.79 Å². The standard InChI is InChI=1S/C14H14N2O2S/c1-16-13(17)8-11(15-14(16)19-2)9-3-4-12-10(7-9)5-6-18-12/h3-4,7-8H,5-6H2,1-2H3. The van der Waals surface area contributed by atoms with Crippen LogP contribution in [0.1, 0.15) is 5.56 Å². The summed E-state index contributed by atoms with van der Waals surface area (Å²) in [5.41, 5.74) is 2.84. The van der Waals surface area contributed by atoms with Gasteiger partial charge in [-0.15, -0.1) is 0 Å². The molecular weight excluding hydrogens is 260 g/mol. The summed E-state index contributed by atoms with van der Waals surface area (Å²) >= 11 is 1.47. The van der Waals surface area contributed by atoms with Gasteiger partial charge < -0.3 is 4.74 Å². The van der Waals surface area contributed by atoms with Gasteiger partial charge in [-0.25, -0.2) is 4.98 Å². The summed E-state index contributed by atoms with van der Waals surface area (Å²) in [6, 6.07) is 7.55. The maximum absolute atomic E-state index is 11.9. The number of hydrogen-bond donors (Lipinski definition) is 0. The minimum Gasteiger partial charge on any atom is -0.493 e. The molecule has 1 aliphatic heterocycles. The molecule has 5 heteroatoms. The van der Waals surface area contributed by atoms with Crippen molar-refractivity contribution in [1.29, 1.82) is 0 Å². The van der Waals surface area contributed by atoms with Gasteiger partial charge in [0.25, 0.3) is 5.56 Å². The lowest BCUT2D eigenvalue weighted by molar-refractivity contribution is 0.357. The molecule has 0 atom stereocenters. The first-order valence-corrected chi connectivity index (χ1v) is 7.29. The van der Waals surface area contributed by atoms with Crippen molar-refractivity contribution in [3.63, 3.8) is 0 Å². The molecule has 0 N–H and O–H groups in total. The lowest BCUT2D eigenvalue weighted by Gasteiger charge is -2.08. The van der Waals surface area contributed by atoms with E-state index in [-0.39, 0.29) is 5.56 Å². The van der Waals surface area contributed by atoms with Gasteiger partial charge in [-0.05, 0) is 30.0 Å². The summed E-state index contributed by atoms with van der Waals surface area (Å²) in [6.07, 6.45) is 2.84. The van der Waals surface area contributed by atoms with Crippen LogP contribution in [-0.4, -0.2) is 22.4 Å². The van der Waals surface area contributed by atoms with E-state index in [0.29, 0.717) is 0 Å². The van der Waals surface area contributed by atoms with Crippen molar-refractivity contribution in [1.82, 2.24) is 9.55 Å². The number of rotatable bonds is 2. The Morgan fingerprint density at radius 3 is 3.00 bits per heavy atom. The van der Waals surface area contributed by atoms with Crippen LogP contribution in [0.5, 0.6) is 5.75 Å². The molecule has 2 aromatic rings. The lowest BCUT2D eigenvalue weighted by atomic mass is 10.1. The van der Waals surface area contributed by atoms with Crippen molar-refractivity contribution in [2.24, 2.45) is 7.05 Å². The van der Waals surface area contributed by atoms with E-state index < -0.39 is 0 Å². The predicted octanol–water partition coefficient (Wildman–Crippen LogP) is 2.10. The van der Waals surface area contributed by atoms with Crippen LogP contribution in [0, 0.1) is 0 Å². The quantitative estimate of drug-likeness (QED) is 0.621. The predicted molar refractivity (Wildman–Crippen MR) is 75.9 cm³/mol. The summed E-state index contributed by atoms with van der Waals surface area (Å²) in [5.74, 6) is 0.942. The molecule has 0 radical (unpaired) electrons. The number of thioether (sulfide) groups is 1. The van der Waals surface area contributed by atoms with Gasteiger partial charge >= 0.3 is 0 Å². The number of aromatic nitrogens is 2. The van der Waals surface area contributed by atoms with Crippen LogP contribution >= 0.6 is 11.8 Å². The molecule has 0 spiro atoms. The molecule has 2 heterocycles. The second-order valence-corrected chi connectivity index (χ2v) is 5.22. The first-order chi connectivity index (χ1) is 9.19. The smallest absolute Gasteiger partial charge is 0.254 e. The maximum atomic E-state index is 11.9. The van der Waals surface area contributed by atoms with E-state index in [4.69, 9.17) is 4.74 Å². The van der Waals surface area contributed by atoms with E-state index in [0.717, 1.165) is 35.2 Å². The van der Waals surface area contributed by atoms with Crippen molar-refractivity contribution in [3.8, 4) is 17.0 Å². The van der Waals surface area contributed by atoms with Crippen LogP contribution in [0.3, 0.4) is 0 Å². The first-order valence-electron chi connectivity index (χ1n) is 6.07. The fraction of sp³-hybridized carbons (Fsp3) is 0.286. The molecule has 3 rings (SSSR count). The fourth-order valence-electron chi connectivity index (χ4n) is 2.19. The number of ether oxygens (including phenoxy) is 1. The van der Waals surface area contributed by atoms with Crippen LogP contribution in [0.4, 0.5) is 0 Å². The van der Waals surface area contributed by atoms with Gasteiger partial charge in [0.2, 0.25) is 0 Å². The summed E-state index contributed by atoms with van der Waals surface area (Å²) in [7, 11) is 1.74. The highest BCUT2D eigenvalue weighted by Crippen LogP contribution is 2.29. The highest BCUT2D eigenvalue weighted by atomic mass is 32.2. The summed E-state index contributed by atoms with van der Waals surface area (Å²) in [6.45, 7) is 0.735. The fourth-order valence-corrected chi connectivity index (χ4v) is 2.75. The maximum Gasteiger partial charge on any atom is 0.254 e. The molecule has 98 valence electrons. The third-order valence-corrected chi connectivity index (χ3v) is 3.99. The Bertz CT molecular complexity index is 694. The van der Waals surface area contributed by atoms with E-state index in [2.05, 4.69) is 11.1 Å². The highest BCUT2D eigenvalue weighted by molar-refractivity contribution is 7.98. The molecule has 0 amide bonds. The van der Waals surface area contributed by atoms with Gasteiger partial charge in [-0.2, -0.15) is 0 Å². The zero-order valence-electron chi connectivity index (χ0n) is 10.8. The molecule has 0 aliphatic carbocycles. The van der Waals surface area contributed by atoms with Gasteiger partial charge in [-0.3, -0.25) is 9.36 Å². The Morgan fingerprint density at radius 1 is 1.37 bits per heavy atom. The van der Waals surface area contributed by atoms with E-state index in [1.807, 2.05) is 18.4 Å². The second kappa shape index (κ2) is 4.74. The van der Waals surface area contributed by atoms with Crippen LogP contribution in [0.15, 0.2) is 34.2 Å². The summed E-state index contributed by atoms with van der Waals surface area (Å²) in [5, 5.41) is 0.722. The van der Waals surface area contributed by atoms with Crippen molar-refractivity contribution >= 4 is 11.8 Å². The molecule has 1 aromatic carbocycles. The third-order valence-electron chi connectivity index (χ3n) is 3.26. The SMILES string of the molecule is CSc1nc(-c2ccc3c(c2)CCO3)cc(=O)n1C. The molecule has 0 saturated heterocycles. The van der Waals surface area contributed by atoms with Gasteiger partial charge in [0, 0.05) is 25.1 Å². The van der Waals surface area contributed by atoms with Gasteiger partial charge in [0.1, 0.15) is 5.75 Å². The Kier molecular flexibility index (Phi) is 3.06. The van der Waals surface area contributed by atoms with Gasteiger partial charge in [-0.1, -0.05) is 11.8 Å². The normalized spacial score (nSPS) is 13.2. The average Bonchev–Trinajstić information content (AvgIpc) is 2.89. The molecule has 0 unspecified atom stereocenters. The second-order valence-electron chi connectivity index (χ2n) is 4.45. The zero-order chi connectivity index (χ0) is 13.4. The van der Waals surface area contributed by atoms with Crippen LogP contribution in [0.2, 0.25) is 0 Å². The molecule has 0 bridgehead atoms. The number of hydrogen-bond acceptors (Lipinski definition) is 4. The highest BCUT2D eigenvalue weighted by Gasteiger charge is 2.14. The number of fused-ring (bicyclic) bond motifs is 1. The van der Waals surface area contributed by atoms with Crippen LogP contribution in [-0.2, 0) is 13.5 Å². The third kappa shape index (κ3) is 2.14. The molecule has 4 nitrogen and oxygen atoms in total. The first kappa shape index (κ1) is 12.3. The molecule has 1 aliphatic rings. The lowest BCUT2D eigenvalue weighted by Crippen LogP contribution is -2.19. The van der Waals surface area contributed by atoms with Gasteiger partial charge in [0.05, 0.1) is 12.3 Å². The van der Waals surface area contributed by atoms with Crippen molar-refractivity contribution in [2.45, 2.75) is 11.6 Å². The molecule has 0 saturated carbocycles. The Hall–Kier alpha value is -1.75. The molecule has 19 heavy (non-hydrogen) atoms. The minimum absolute atomic E-state index is 0.0360. The Labute approximate surface area is 115 Å². The Balaban J connectivity index is 2.12. The van der Waals surface area contributed by atoms with Crippen molar-refractivity contribution < 1.29 is 4.74 Å². The van der Waals surface area contributed by atoms with Gasteiger partial charge in [0.15, 0.2) is 5.16 Å². The summed E-state index contributed by atoms with van der Waals surface area (Å²) in [4.78, 5) is 16.4. The molecule has 0 fully saturated rings. The topological polar surface area (TPSA) is 44.1 Å². The number of nitrogens with zero attached hydrogens (tertiary/aromatic N) is 2. The molecule has 1 aromatic heterocycles. The van der Waals surface area contributed by atoms with E-state index in [1.165, 1.54) is 17.3 Å². The van der Waals surface area contributed by atoms with Crippen LogP contribution < -0.4 is 10.3 Å². The van der Waals surface area contributed by atoms with Crippen molar-refractivity contribution in [3.05, 3.63) is 40.2 Å². The van der Waals surface area contributed by atoms with E-state index in [1.54, 1.807) is 17.7 Å². The number of benzene rings is 1. The van der Waals surface area contributed by atoms with E-state index >= 15 is 0 Å². The van der Waals surface area contributed by atoms with Crippen LogP contribution in [0.25, 0.3) is 11.3 Å². The molecular formula is C14H14N2O2S. The summed E-state index contributed by atoms with van der Waals surface area (Å²) < 4.78 is 7.05. The minimum atomic E-state index is -0.0360. The van der Waals surface area contributed by atoms with Crippen molar-refractivity contribution in [2.75, 3.05) is 12.9 Å². The zero-order valence-corrected chi connectivity index (χ0v) is 11.7. The monoisotopic (exact) mass is 274 g/mol.